The second-order valence-electron chi connectivity index (χ2n) is 19.2. The lowest BCUT2D eigenvalue weighted by Crippen LogP contribution is -2.30. The molecule has 0 amide bonds. The molecule has 0 fully saturated rings. The van der Waals surface area contributed by atoms with E-state index in [1.54, 1.807) is 0 Å². The van der Waals surface area contributed by atoms with Crippen LogP contribution in [0.5, 0.6) is 0 Å². The van der Waals surface area contributed by atoms with Crippen molar-refractivity contribution < 1.29 is 23.8 Å². The van der Waals surface area contributed by atoms with E-state index in [4.69, 9.17) is 14.2 Å². The monoisotopic (exact) mass is 923 g/mol. The van der Waals surface area contributed by atoms with Gasteiger partial charge in [-0.3, -0.25) is 9.59 Å². The summed E-state index contributed by atoms with van der Waals surface area (Å²) in [6.45, 7) is 7.72. The Bertz CT molecular complexity index is 1130. The van der Waals surface area contributed by atoms with E-state index in [0.717, 1.165) is 77.0 Å². The Morgan fingerprint density at radius 1 is 0.348 bits per heavy atom. The lowest BCUT2D eigenvalue weighted by atomic mass is 10.0. The standard InChI is InChI=1S/C61H110O5/c1-4-7-10-13-16-19-22-25-28-30-32-35-38-41-44-47-50-53-56-64-57-59(66-61(63)55-52-49-46-43-40-37-33-27-24-21-18-15-12-9-6-3)58-65-60(62)54-51-48-45-42-39-36-34-31-29-26-23-20-17-14-11-8-5-2/h8,11,16-17,19-20,25-26,28-29,59H,4-7,9-10,12-15,18,21-24,27,30-58H2,1-3H3/b11-8-,19-16-,20-17-,28-25-,29-26-. The highest BCUT2D eigenvalue weighted by Gasteiger charge is 2.17. The molecule has 0 aromatic rings. The van der Waals surface area contributed by atoms with E-state index in [2.05, 4.69) is 81.5 Å². The van der Waals surface area contributed by atoms with Gasteiger partial charge in [-0.25, -0.2) is 0 Å². The van der Waals surface area contributed by atoms with Crippen LogP contribution in [-0.2, 0) is 23.8 Å². The van der Waals surface area contributed by atoms with Gasteiger partial charge in [-0.1, -0.05) is 255 Å². The maximum absolute atomic E-state index is 12.9. The second kappa shape index (κ2) is 56.9. The first-order valence-electron chi connectivity index (χ1n) is 28.8. The maximum atomic E-state index is 12.9. The maximum Gasteiger partial charge on any atom is 0.306 e. The van der Waals surface area contributed by atoms with Gasteiger partial charge in [0.2, 0.25) is 0 Å². The van der Waals surface area contributed by atoms with Crippen LogP contribution in [-0.4, -0.2) is 37.9 Å². The number of carbonyl (C=O) groups is 2. The van der Waals surface area contributed by atoms with Crippen molar-refractivity contribution in [2.45, 2.75) is 297 Å². The molecule has 0 aromatic carbocycles. The van der Waals surface area contributed by atoms with Crippen LogP contribution >= 0.6 is 0 Å². The molecule has 66 heavy (non-hydrogen) atoms. The Hall–Kier alpha value is -2.40. The van der Waals surface area contributed by atoms with Crippen molar-refractivity contribution in [2.24, 2.45) is 0 Å². The molecule has 1 unspecified atom stereocenters. The third kappa shape index (κ3) is 54.2. The van der Waals surface area contributed by atoms with Gasteiger partial charge in [-0.05, 0) is 83.5 Å². The number of allylic oxidation sites excluding steroid dienone is 10. The molecule has 5 nitrogen and oxygen atoms in total. The summed E-state index contributed by atoms with van der Waals surface area (Å²) in [5.41, 5.74) is 0. The molecule has 0 aromatic heterocycles. The van der Waals surface area contributed by atoms with Gasteiger partial charge in [0.05, 0.1) is 6.61 Å². The van der Waals surface area contributed by atoms with Crippen molar-refractivity contribution >= 4 is 11.9 Å². The Kier molecular flexibility index (Phi) is 54.9. The summed E-state index contributed by atoms with van der Waals surface area (Å²) in [5.74, 6) is -0.398. The molecule has 0 heterocycles. The number of carbonyl (C=O) groups excluding carboxylic acids is 2. The SMILES string of the molecule is CC/C=C\C/C=C\C/C=C\CCCCCCCCCC(=O)OCC(COCCCCCCCCCC/C=C\C/C=C\CCCCC)OC(=O)CCCCCCCCCCCCCCCCC. The van der Waals surface area contributed by atoms with E-state index in [0.29, 0.717) is 19.4 Å². The molecule has 0 aliphatic carbocycles. The average Bonchev–Trinajstić information content (AvgIpc) is 3.32. The van der Waals surface area contributed by atoms with Crippen LogP contribution in [0, 0.1) is 0 Å². The smallest absolute Gasteiger partial charge is 0.306 e. The third-order valence-corrected chi connectivity index (χ3v) is 12.5. The summed E-state index contributed by atoms with van der Waals surface area (Å²) in [4.78, 5) is 25.5. The van der Waals surface area contributed by atoms with E-state index in [-0.39, 0.29) is 25.2 Å². The van der Waals surface area contributed by atoms with Crippen molar-refractivity contribution in [2.75, 3.05) is 19.8 Å². The van der Waals surface area contributed by atoms with Gasteiger partial charge in [0, 0.05) is 19.4 Å². The highest BCUT2D eigenvalue weighted by Crippen LogP contribution is 2.16. The normalized spacial score (nSPS) is 12.6. The average molecular weight is 924 g/mol. The molecule has 0 spiro atoms. The van der Waals surface area contributed by atoms with Crippen LogP contribution in [0.3, 0.4) is 0 Å². The Labute approximate surface area is 411 Å². The van der Waals surface area contributed by atoms with Crippen molar-refractivity contribution in [1.29, 1.82) is 0 Å². The predicted octanol–water partition coefficient (Wildman–Crippen LogP) is 19.7. The minimum Gasteiger partial charge on any atom is -0.462 e. The van der Waals surface area contributed by atoms with Gasteiger partial charge in [0.25, 0.3) is 0 Å². The number of hydrogen-bond acceptors (Lipinski definition) is 5. The van der Waals surface area contributed by atoms with Crippen LogP contribution < -0.4 is 0 Å². The summed E-state index contributed by atoms with van der Waals surface area (Å²) in [6.07, 6.45) is 72.4. The number of rotatable bonds is 53. The fourth-order valence-corrected chi connectivity index (χ4v) is 8.26. The Balaban J connectivity index is 4.27. The highest BCUT2D eigenvalue weighted by atomic mass is 16.6. The minimum absolute atomic E-state index is 0.0798. The first-order chi connectivity index (χ1) is 32.6. The molecule has 384 valence electrons. The molecule has 0 N–H and O–H groups in total. The van der Waals surface area contributed by atoms with Gasteiger partial charge >= 0.3 is 11.9 Å². The van der Waals surface area contributed by atoms with E-state index in [1.165, 1.54) is 180 Å². The highest BCUT2D eigenvalue weighted by molar-refractivity contribution is 5.70. The quantitative estimate of drug-likeness (QED) is 0.0346. The number of hydrogen-bond donors (Lipinski definition) is 0. The number of esters is 2. The zero-order valence-corrected chi connectivity index (χ0v) is 44.2. The van der Waals surface area contributed by atoms with E-state index < -0.39 is 6.10 Å². The first-order valence-corrected chi connectivity index (χ1v) is 28.8. The molecular weight excluding hydrogens is 813 g/mol. The van der Waals surface area contributed by atoms with Crippen molar-refractivity contribution in [3.05, 3.63) is 60.8 Å². The van der Waals surface area contributed by atoms with Gasteiger partial charge in [0.1, 0.15) is 6.61 Å². The fourth-order valence-electron chi connectivity index (χ4n) is 8.26. The lowest BCUT2D eigenvalue weighted by Gasteiger charge is -2.18. The van der Waals surface area contributed by atoms with Crippen LogP contribution in [0.1, 0.15) is 290 Å². The Morgan fingerprint density at radius 3 is 1.12 bits per heavy atom. The molecule has 5 heteroatoms. The van der Waals surface area contributed by atoms with E-state index >= 15 is 0 Å². The molecule has 0 saturated carbocycles. The van der Waals surface area contributed by atoms with Crippen molar-refractivity contribution in [3.63, 3.8) is 0 Å². The number of unbranched alkanes of at least 4 members (excludes halogenated alkanes) is 32. The summed E-state index contributed by atoms with van der Waals surface area (Å²) in [5, 5.41) is 0. The number of ether oxygens (including phenoxy) is 3. The van der Waals surface area contributed by atoms with E-state index in [9.17, 15) is 9.59 Å². The summed E-state index contributed by atoms with van der Waals surface area (Å²) < 4.78 is 17.5. The minimum atomic E-state index is -0.543. The molecule has 0 aliphatic heterocycles. The molecule has 1 atom stereocenters. The van der Waals surface area contributed by atoms with E-state index in [1.807, 2.05) is 0 Å². The van der Waals surface area contributed by atoms with Crippen LogP contribution in [0.2, 0.25) is 0 Å². The molecular formula is C61H110O5. The first kappa shape index (κ1) is 63.6. The molecule has 0 rings (SSSR count). The van der Waals surface area contributed by atoms with Crippen LogP contribution in [0.4, 0.5) is 0 Å². The predicted molar refractivity (Wildman–Crippen MR) is 288 cm³/mol. The van der Waals surface area contributed by atoms with Crippen LogP contribution in [0.15, 0.2) is 60.8 Å². The topological polar surface area (TPSA) is 61.8 Å². The zero-order valence-electron chi connectivity index (χ0n) is 44.2. The van der Waals surface area contributed by atoms with Crippen LogP contribution in [0.25, 0.3) is 0 Å². The molecule has 0 aliphatic rings. The molecule has 0 radical (unpaired) electrons. The van der Waals surface area contributed by atoms with Crippen molar-refractivity contribution in [1.82, 2.24) is 0 Å². The second-order valence-corrected chi connectivity index (χ2v) is 19.2. The van der Waals surface area contributed by atoms with Gasteiger partial charge in [0.15, 0.2) is 6.10 Å². The molecule has 0 bridgehead atoms. The summed E-state index contributed by atoms with van der Waals surface area (Å²) in [7, 11) is 0. The summed E-state index contributed by atoms with van der Waals surface area (Å²) in [6, 6.07) is 0. The zero-order chi connectivity index (χ0) is 47.7. The largest absolute Gasteiger partial charge is 0.462 e. The van der Waals surface area contributed by atoms with Gasteiger partial charge in [-0.2, -0.15) is 0 Å². The van der Waals surface area contributed by atoms with Gasteiger partial charge in [-0.15, -0.1) is 0 Å². The molecule has 0 saturated heterocycles. The summed E-state index contributed by atoms with van der Waals surface area (Å²) >= 11 is 0. The third-order valence-electron chi connectivity index (χ3n) is 12.5. The van der Waals surface area contributed by atoms with Crippen molar-refractivity contribution in [3.8, 4) is 0 Å². The lowest BCUT2D eigenvalue weighted by molar-refractivity contribution is -0.163. The Morgan fingerprint density at radius 2 is 0.682 bits per heavy atom. The fraction of sp³-hybridized carbons (Fsp3) is 0.803. The van der Waals surface area contributed by atoms with Gasteiger partial charge < -0.3 is 14.2 Å².